The van der Waals surface area contributed by atoms with Crippen LogP contribution in [0.3, 0.4) is 0 Å². The Balaban J connectivity index is 1.49. The van der Waals surface area contributed by atoms with Gasteiger partial charge in [0.05, 0.1) is 24.2 Å². The van der Waals surface area contributed by atoms with E-state index in [1.165, 1.54) is 4.68 Å². The third-order valence-corrected chi connectivity index (χ3v) is 5.07. The van der Waals surface area contributed by atoms with Crippen LogP contribution in [0, 0.1) is 0 Å². The lowest BCUT2D eigenvalue weighted by Gasteiger charge is -2.36. The predicted octanol–water partition coefficient (Wildman–Crippen LogP) is 2.07. The van der Waals surface area contributed by atoms with Crippen LogP contribution >= 0.6 is 11.6 Å². The van der Waals surface area contributed by atoms with Gasteiger partial charge >= 0.3 is 0 Å². The van der Waals surface area contributed by atoms with Crippen LogP contribution in [0.1, 0.15) is 6.92 Å². The van der Waals surface area contributed by atoms with E-state index in [0.717, 1.165) is 44.2 Å². The lowest BCUT2D eigenvalue weighted by atomic mass is 10.2. The molecule has 0 radical (unpaired) electrons. The van der Waals surface area contributed by atoms with Crippen molar-refractivity contribution in [3.8, 4) is 5.75 Å². The topological polar surface area (TPSA) is 62.6 Å². The highest BCUT2D eigenvalue weighted by Crippen LogP contribution is 2.28. The molecule has 1 aromatic carbocycles. The normalized spacial score (nSPS) is 15.0. The molecule has 0 aliphatic carbocycles. The fourth-order valence-corrected chi connectivity index (χ4v) is 3.43. The average molecular weight is 392 g/mol. The van der Waals surface area contributed by atoms with Crippen molar-refractivity contribution in [2.24, 2.45) is 7.05 Å². The molecule has 0 spiro atoms. The van der Waals surface area contributed by atoms with E-state index in [4.69, 9.17) is 16.3 Å². The van der Waals surface area contributed by atoms with Gasteiger partial charge in [-0.2, -0.15) is 5.10 Å². The molecule has 2 aromatic rings. The van der Waals surface area contributed by atoms with Crippen LogP contribution in [0.4, 0.5) is 11.4 Å². The van der Waals surface area contributed by atoms with E-state index in [9.17, 15) is 4.79 Å². The van der Waals surface area contributed by atoms with E-state index in [2.05, 4.69) is 32.3 Å². The summed E-state index contributed by atoms with van der Waals surface area (Å²) in [5, 5.41) is 7.40. The molecule has 7 nitrogen and oxygen atoms in total. The van der Waals surface area contributed by atoms with E-state index >= 15 is 0 Å². The number of aryl methyl sites for hydroxylation is 1. The summed E-state index contributed by atoms with van der Waals surface area (Å²) < 4.78 is 6.98. The van der Waals surface area contributed by atoms with Crippen LogP contribution in [-0.2, 0) is 7.05 Å². The summed E-state index contributed by atoms with van der Waals surface area (Å²) in [7, 11) is 1.58. The third-order valence-electron chi connectivity index (χ3n) is 4.70. The van der Waals surface area contributed by atoms with Crippen molar-refractivity contribution >= 4 is 23.0 Å². The number of hydrogen-bond acceptors (Lipinski definition) is 6. The molecule has 1 N–H and O–H groups in total. The van der Waals surface area contributed by atoms with Gasteiger partial charge in [-0.25, -0.2) is 4.68 Å². The fraction of sp³-hybridized carbons (Fsp3) is 0.474. The first-order valence-corrected chi connectivity index (χ1v) is 9.62. The van der Waals surface area contributed by atoms with Gasteiger partial charge in [0, 0.05) is 46.3 Å². The number of hydrogen-bond donors (Lipinski definition) is 1. The lowest BCUT2D eigenvalue weighted by molar-refractivity contribution is 0.265. The second-order valence-corrected chi connectivity index (χ2v) is 6.84. The molecule has 27 heavy (non-hydrogen) atoms. The van der Waals surface area contributed by atoms with Gasteiger partial charge in [0.15, 0.2) is 0 Å². The maximum atomic E-state index is 11.8. The van der Waals surface area contributed by atoms with E-state index < -0.39 is 0 Å². The van der Waals surface area contributed by atoms with Gasteiger partial charge in [-0.15, -0.1) is 0 Å². The molecular weight excluding hydrogens is 366 g/mol. The molecule has 0 unspecified atom stereocenters. The molecule has 3 rings (SSSR count). The predicted molar refractivity (Wildman–Crippen MR) is 109 cm³/mol. The highest BCUT2D eigenvalue weighted by Gasteiger charge is 2.19. The van der Waals surface area contributed by atoms with Crippen molar-refractivity contribution in [2.45, 2.75) is 6.92 Å². The second kappa shape index (κ2) is 9.10. The highest BCUT2D eigenvalue weighted by molar-refractivity contribution is 6.32. The Morgan fingerprint density at radius 1 is 1.22 bits per heavy atom. The van der Waals surface area contributed by atoms with Crippen molar-refractivity contribution in [1.29, 1.82) is 0 Å². The highest BCUT2D eigenvalue weighted by atomic mass is 35.5. The molecule has 1 aliphatic rings. The first-order valence-electron chi connectivity index (χ1n) is 9.25. The number of halogens is 1. The van der Waals surface area contributed by atoms with E-state index in [-0.39, 0.29) is 10.6 Å². The first kappa shape index (κ1) is 19.5. The largest absolute Gasteiger partial charge is 0.492 e. The Morgan fingerprint density at radius 2 is 1.96 bits per heavy atom. The SMILES string of the molecule is CCOc1ccccc1N1CCN(CCNc2cnn(C)c(=O)c2Cl)CC1. The smallest absolute Gasteiger partial charge is 0.287 e. The third kappa shape index (κ3) is 4.73. The van der Waals surface area contributed by atoms with E-state index in [0.29, 0.717) is 18.8 Å². The number of para-hydroxylation sites is 2. The van der Waals surface area contributed by atoms with Crippen LogP contribution < -0.4 is 20.5 Å². The van der Waals surface area contributed by atoms with Gasteiger partial charge in [-0.05, 0) is 19.1 Å². The van der Waals surface area contributed by atoms with Crippen LogP contribution in [0.2, 0.25) is 5.02 Å². The van der Waals surface area contributed by atoms with E-state index in [1.807, 2.05) is 19.1 Å². The maximum absolute atomic E-state index is 11.8. The number of aromatic nitrogens is 2. The molecule has 1 aliphatic heterocycles. The van der Waals surface area contributed by atoms with Crippen LogP contribution in [-0.4, -0.2) is 60.6 Å². The zero-order valence-corrected chi connectivity index (χ0v) is 16.6. The standard InChI is InChI=1S/C19H26ClN5O2/c1-3-27-17-7-5-4-6-16(17)25-12-10-24(11-13-25)9-8-21-15-14-22-23(2)19(26)18(15)20/h4-7,14,21H,3,8-13H2,1-2H3. The average Bonchev–Trinajstić information content (AvgIpc) is 2.69. The summed E-state index contributed by atoms with van der Waals surface area (Å²) in [5.74, 6) is 0.947. The van der Waals surface area contributed by atoms with Crippen molar-refractivity contribution < 1.29 is 4.74 Å². The molecule has 1 fully saturated rings. The molecule has 0 bridgehead atoms. The van der Waals surface area contributed by atoms with Gasteiger partial charge in [0.2, 0.25) is 0 Å². The van der Waals surface area contributed by atoms with Crippen molar-refractivity contribution in [3.05, 3.63) is 45.8 Å². The van der Waals surface area contributed by atoms with Crippen molar-refractivity contribution in [3.63, 3.8) is 0 Å². The molecular formula is C19H26ClN5O2. The van der Waals surface area contributed by atoms with Crippen LogP contribution in [0.5, 0.6) is 5.75 Å². The van der Waals surface area contributed by atoms with Gasteiger partial charge in [-0.3, -0.25) is 9.69 Å². The molecule has 1 aromatic heterocycles. The Morgan fingerprint density at radius 3 is 2.70 bits per heavy atom. The van der Waals surface area contributed by atoms with Crippen LogP contribution in [0.15, 0.2) is 35.3 Å². The van der Waals surface area contributed by atoms with Gasteiger partial charge in [0.1, 0.15) is 10.8 Å². The minimum Gasteiger partial charge on any atom is -0.492 e. The summed E-state index contributed by atoms with van der Waals surface area (Å²) in [5.41, 5.74) is 1.46. The Hall–Kier alpha value is -2.25. The zero-order chi connectivity index (χ0) is 19.2. The number of nitrogens with one attached hydrogen (secondary N) is 1. The maximum Gasteiger partial charge on any atom is 0.287 e. The molecule has 8 heteroatoms. The molecule has 146 valence electrons. The summed E-state index contributed by atoms with van der Waals surface area (Å²) in [4.78, 5) is 16.6. The Bertz CT molecular complexity index is 818. The number of benzene rings is 1. The Kier molecular flexibility index (Phi) is 6.58. The summed E-state index contributed by atoms with van der Waals surface area (Å²) in [6.07, 6.45) is 1.59. The number of ether oxygens (including phenoxy) is 1. The molecule has 2 heterocycles. The second-order valence-electron chi connectivity index (χ2n) is 6.46. The number of piperazine rings is 1. The van der Waals surface area contributed by atoms with Crippen molar-refractivity contribution in [1.82, 2.24) is 14.7 Å². The first-order chi connectivity index (χ1) is 13.1. The quantitative estimate of drug-likeness (QED) is 0.779. The summed E-state index contributed by atoms with van der Waals surface area (Å²) in [6, 6.07) is 8.20. The molecule has 0 atom stereocenters. The van der Waals surface area contributed by atoms with Gasteiger partial charge in [-0.1, -0.05) is 23.7 Å². The number of anilines is 2. The zero-order valence-electron chi connectivity index (χ0n) is 15.8. The molecule has 1 saturated heterocycles. The fourth-order valence-electron chi connectivity index (χ4n) is 3.19. The lowest BCUT2D eigenvalue weighted by Crippen LogP contribution is -2.47. The van der Waals surface area contributed by atoms with Crippen molar-refractivity contribution in [2.75, 3.05) is 56.1 Å². The van der Waals surface area contributed by atoms with E-state index in [1.54, 1.807) is 13.2 Å². The minimum atomic E-state index is -0.289. The summed E-state index contributed by atoms with van der Waals surface area (Å²) in [6.45, 7) is 8.14. The number of nitrogens with zero attached hydrogens (tertiary/aromatic N) is 4. The minimum absolute atomic E-state index is 0.185. The Labute approximate surface area is 164 Å². The number of rotatable bonds is 7. The molecule has 0 saturated carbocycles. The van der Waals surface area contributed by atoms with Crippen LogP contribution in [0.25, 0.3) is 0 Å². The molecule has 0 amide bonds. The van der Waals surface area contributed by atoms with Gasteiger partial charge in [0.25, 0.3) is 5.56 Å². The monoisotopic (exact) mass is 391 g/mol. The van der Waals surface area contributed by atoms with Gasteiger partial charge < -0.3 is 15.0 Å². The summed E-state index contributed by atoms with van der Waals surface area (Å²) >= 11 is 6.08.